The van der Waals surface area contributed by atoms with E-state index in [9.17, 15) is 33.1 Å². The van der Waals surface area contributed by atoms with Crippen molar-refractivity contribution in [2.75, 3.05) is 12.0 Å². The number of carbonyl (C=O) groups is 1. The van der Waals surface area contributed by atoms with E-state index >= 15 is 0 Å². The van der Waals surface area contributed by atoms with Gasteiger partial charge >= 0.3 is 17.8 Å². The first kappa shape index (κ1) is 28.3. The van der Waals surface area contributed by atoms with Crippen molar-refractivity contribution < 1.29 is 32.4 Å². The highest BCUT2D eigenvalue weighted by atomic mass is 19.4. The number of carbonyl (C=O) groups excluding carboxylic acids is 1. The van der Waals surface area contributed by atoms with E-state index in [1.807, 2.05) is 0 Å². The Morgan fingerprint density at radius 2 is 2.00 bits per heavy atom. The molecule has 0 unspecified atom stereocenters. The van der Waals surface area contributed by atoms with E-state index in [1.165, 1.54) is 28.5 Å². The predicted octanol–water partition coefficient (Wildman–Crippen LogP) is 3.48. The van der Waals surface area contributed by atoms with Crippen molar-refractivity contribution in [2.24, 2.45) is 0 Å². The lowest BCUT2D eigenvalue weighted by Crippen LogP contribution is -2.39. The Morgan fingerprint density at radius 3 is 2.69 bits per heavy atom. The van der Waals surface area contributed by atoms with Crippen LogP contribution in [-0.4, -0.2) is 33.0 Å². The van der Waals surface area contributed by atoms with Crippen molar-refractivity contribution >= 4 is 17.6 Å². The van der Waals surface area contributed by atoms with Crippen LogP contribution < -0.4 is 15.2 Å². The zero-order valence-corrected chi connectivity index (χ0v) is 22.4. The molecule has 3 heterocycles. The van der Waals surface area contributed by atoms with Crippen molar-refractivity contribution in [1.29, 1.82) is 5.26 Å². The van der Waals surface area contributed by atoms with Crippen LogP contribution in [0.4, 0.5) is 24.8 Å². The van der Waals surface area contributed by atoms with Crippen molar-refractivity contribution in [3.8, 4) is 6.07 Å². The number of aliphatic hydroxyl groups is 1. The fraction of sp³-hybridized carbons (Fsp3) is 0.207. The lowest BCUT2D eigenvalue weighted by molar-refractivity contribution is -0.688. The molecule has 0 bridgehead atoms. The Morgan fingerprint density at radius 1 is 1.21 bits per heavy atom. The van der Waals surface area contributed by atoms with Crippen LogP contribution in [0.25, 0.3) is 0 Å². The Labute approximate surface area is 237 Å². The zero-order chi connectivity index (χ0) is 30.2. The summed E-state index contributed by atoms with van der Waals surface area (Å²) in [6.07, 6.45) is -1.16. The average Bonchev–Trinajstić information content (AvgIpc) is 3.36. The number of ether oxygens (including phenoxy) is 1. The normalized spacial score (nSPS) is 14.9. The minimum Gasteiger partial charge on any atom is -0.466 e. The highest BCUT2D eigenvalue weighted by Crippen LogP contribution is 2.43. The van der Waals surface area contributed by atoms with E-state index in [-0.39, 0.29) is 36.1 Å². The molecule has 0 fully saturated rings. The number of alkyl halides is 3. The molecule has 0 amide bonds. The number of fused-ring (bicyclic) bond motifs is 1. The van der Waals surface area contributed by atoms with Crippen molar-refractivity contribution in [3.63, 3.8) is 0 Å². The summed E-state index contributed by atoms with van der Waals surface area (Å²) in [5.41, 5.74) is 0.580. The van der Waals surface area contributed by atoms with Gasteiger partial charge in [0.2, 0.25) is 5.95 Å². The molecular formula is C29H24F3N6O4+. The number of aliphatic hydroxyl groups excluding tert-OH is 1. The van der Waals surface area contributed by atoms with Crippen LogP contribution in [0, 0.1) is 11.3 Å². The maximum Gasteiger partial charge on any atom is 0.416 e. The number of anilines is 2. The molecule has 2 aromatic heterocycles. The topological polar surface area (TPSA) is 128 Å². The van der Waals surface area contributed by atoms with Gasteiger partial charge in [0, 0.05) is 28.6 Å². The third-order valence-electron chi connectivity index (χ3n) is 7.00. The molecule has 0 radical (unpaired) electrons. The van der Waals surface area contributed by atoms with Crippen LogP contribution in [0.3, 0.4) is 0 Å². The van der Waals surface area contributed by atoms with E-state index < -0.39 is 29.4 Å². The number of aromatic nitrogens is 4. The highest BCUT2D eigenvalue weighted by Gasteiger charge is 2.41. The van der Waals surface area contributed by atoms with Gasteiger partial charge in [-0.3, -0.25) is 4.90 Å². The van der Waals surface area contributed by atoms with Gasteiger partial charge in [-0.25, -0.2) is 23.8 Å². The predicted molar refractivity (Wildman–Crippen MR) is 142 cm³/mol. The molecule has 1 atom stereocenters. The average molecular weight is 578 g/mol. The summed E-state index contributed by atoms with van der Waals surface area (Å²) in [5.74, 6) is -0.849. The molecule has 1 aliphatic heterocycles. The first-order valence-electron chi connectivity index (χ1n) is 12.6. The van der Waals surface area contributed by atoms with Crippen LogP contribution in [0.15, 0.2) is 83.1 Å². The molecular weight excluding hydrogens is 553 g/mol. The van der Waals surface area contributed by atoms with Crippen molar-refractivity contribution in [2.45, 2.75) is 32.3 Å². The quantitative estimate of drug-likeness (QED) is 0.265. The van der Waals surface area contributed by atoms with E-state index in [2.05, 4.69) is 16.3 Å². The second-order valence-corrected chi connectivity index (χ2v) is 9.54. The van der Waals surface area contributed by atoms with Gasteiger partial charge in [0.1, 0.15) is 6.04 Å². The molecule has 10 nitrogen and oxygen atoms in total. The minimum absolute atomic E-state index is 0.00835. The number of H-pyrrole nitrogens is 1. The summed E-state index contributed by atoms with van der Waals surface area (Å²) in [7, 11) is 1.16. The van der Waals surface area contributed by atoms with Crippen LogP contribution in [0.1, 0.15) is 40.8 Å². The maximum atomic E-state index is 13.6. The number of nitriles is 1. The van der Waals surface area contributed by atoms with Crippen LogP contribution in [-0.2, 0) is 28.9 Å². The fourth-order valence-electron chi connectivity index (χ4n) is 5.12. The molecule has 0 saturated carbocycles. The van der Waals surface area contributed by atoms with Crippen LogP contribution in [0.5, 0.6) is 0 Å². The number of halogens is 3. The molecule has 2 aromatic carbocycles. The second kappa shape index (κ2) is 11.0. The van der Waals surface area contributed by atoms with Gasteiger partial charge in [0.25, 0.3) is 0 Å². The number of benzene rings is 2. The summed E-state index contributed by atoms with van der Waals surface area (Å²) in [6, 6.07) is 13.7. The lowest BCUT2D eigenvalue weighted by atomic mass is 9.90. The van der Waals surface area contributed by atoms with Gasteiger partial charge in [0.05, 0.1) is 36.5 Å². The van der Waals surface area contributed by atoms with Crippen molar-refractivity contribution in [3.05, 3.63) is 117 Å². The number of esters is 1. The molecule has 42 heavy (non-hydrogen) atoms. The van der Waals surface area contributed by atoms with Gasteiger partial charge in [-0.2, -0.15) is 18.4 Å². The van der Waals surface area contributed by atoms with E-state index in [4.69, 9.17) is 4.74 Å². The number of aromatic amines is 1. The minimum atomic E-state index is -4.63. The molecule has 2 N–H and O–H groups in total. The number of allylic oxidation sites excluding steroid dienone is 1. The standard InChI is InChI=1S/C29H23F3N6O4/c1-17-24(26(40)42-2)25(23-9-8-18(13-33)11-20(23)15-36-10-4-5-19(14-36)16-39)38-27(34-35-28(38)41)37(17)22-7-3-6-21(12-22)29(30,31)32/h3-12,14,25,39H,15-16H2,1-2H3/p+1/t25-/m1/s1. The fourth-order valence-corrected chi connectivity index (χ4v) is 5.12. The van der Waals surface area contributed by atoms with Gasteiger partial charge in [-0.05, 0) is 48.9 Å². The SMILES string of the molecule is COC(=O)C1=C(C)N(c2cccc(C(F)(F)F)c2)c2n[nH]c(=O)n2[C@@H]1c1ccc(C#N)cc1C[n+]1cccc(CO)c1. The highest BCUT2D eigenvalue weighted by molar-refractivity contribution is 5.93. The van der Waals surface area contributed by atoms with E-state index in [0.29, 0.717) is 22.3 Å². The van der Waals surface area contributed by atoms with Crippen LogP contribution >= 0.6 is 0 Å². The third-order valence-corrected chi connectivity index (χ3v) is 7.00. The van der Waals surface area contributed by atoms with Crippen LogP contribution in [0.2, 0.25) is 0 Å². The summed E-state index contributed by atoms with van der Waals surface area (Å²) >= 11 is 0. The molecule has 0 aliphatic carbocycles. The largest absolute Gasteiger partial charge is 0.466 e. The molecule has 5 rings (SSSR count). The summed E-state index contributed by atoms with van der Waals surface area (Å²) in [6.45, 7) is 1.54. The smallest absolute Gasteiger partial charge is 0.416 e. The Kier molecular flexibility index (Phi) is 7.40. The van der Waals surface area contributed by atoms with E-state index in [1.54, 1.807) is 47.3 Å². The number of hydrogen-bond acceptors (Lipinski definition) is 7. The Balaban J connectivity index is 1.76. The molecule has 0 saturated heterocycles. The molecule has 214 valence electrons. The second-order valence-electron chi connectivity index (χ2n) is 9.54. The first-order valence-corrected chi connectivity index (χ1v) is 12.6. The molecule has 13 heteroatoms. The third kappa shape index (κ3) is 5.04. The summed E-state index contributed by atoms with van der Waals surface area (Å²) in [4.78, 5) is 27.9. The van der Waals surface area contributed by atoms with Gasteiger partial charge in [0.15, 0.2) is 18.9 Å². The maximum absolute atomic E-state index is 13.6. The van der Waals surface area contributed by atoms with E-state index in [0.717, 1.165) is 19.2 Å². The van der Waals surface area contributed by atoms with Gasteiger partial charge in [-0.1, -0.05) is 12.1 Å². The van der Waals surface area contributed by atoms with Gasteiger partial charge in [-0.15, -0.1) is 5.10 Å². The molecule has 1 aliphatic rings. The van der Waals surface area contributed by atoms with Gasteiger partial charge < -0.3 is 9.84 Å². The monoisotopic (exact) mass is 577 g/mol. The number of nitrogens with zero attached hydrogens (tertiary/aromatic N) is 5. The number of nitrogens with one attached hydrogen (secondary N) is 1. The number of pyridine rings is 1. The zero-order valence-electron chi connectivity index (χ0n) is 22.4. The number of methoxy groups -OCH3 is 1. The lowest BCUT2D eigenvalue weighted by Gasteiger charge is -2.36. The summed E-state index contributed by atoms with van der Waals surface area (Å²) < 4.78 is 48.8. The number of rotatable bonds is 6. The number of hydrogen-bond donors (Lipinski definition) is 2. The summed E-state index contributed by atoms with van der Waals surface area (Å²) in [5, 5.41) is 25.7. The van der Waals surface area contributed by atoms with Crippen molar-refractivity contribution in [1.82, 2.24) is 14.8 Å². The molecule has 4 aromatic rings. The molecule has 0 spiro atoms. The first-order chi connectivity index (χ1) is 20.1. The Bertz CT molecular complexity index is 1820. The Hall–Kier alpha value is -5.22.